The van der Waals surface area contributed by atoms with Crippen LogP contribution in [0.5, 0.6) is 23.0 Å². The molecule has 12 rings (SSSR count). The van der Waals surface area contributed by atoms with E-state index in [1.165, 1.54) is 23.1 Å². The predicted octanol–water partition coefficient (Wildman–Crippen LogP) is 19.8. The summed E-state index contributed by atoms with van der Waals surface area (Å²) in [7, 11) is 3.33. The third-order valence-corrected chi connectivity index (χ3v) is 22.6. The summed E-state index contributed by atoms with van der Waals surface area (Å²) in [5, 5.41) is 15.7. The molecule has 556 valence electrons. The number of halogens is 1. The number of carbonyl (C=O) groups excluding carboxylic acids is 4. The van der Waals surface area contributed by atoms with E-state index in [-0.39, 0.29) is 94.1 Å². The summed E-state index contributed by atoms with van der Waals surface area (Å²) >= 11 is 0. The maximum absolute atomic E-state index is 13.6. The van der Waals surface area contributed by atoms with Crippen LogP contribution < -0.4 is 18.9 Å². The first-order valence-electron chi connectivity index (χ1n) is 37.8. The number of fused-ring (bicyclic) bond motifs is 6. The van der Waals surface area contributed by atoms with Crippen molar-refractivity contribution in [2.75, 3.05) is 27.4 Å². The molecule has 4 aliphatic rings. The molecule has 0 saturated heterocycles. The summed E-state index contributed by atoms with van der Waals surface area (Å²) < 4.78 is 46.3. The van der Waals surface area contributed by atoms with Crippen LogP contribution in [-0.4, -0.2) is 74.7 Å². The number of aliphatic hydroxyl groups is 1. The number of hydrogen-bond acceptors (Lipinski definition) is 13. The van der Waals surface area contributed by atoms with Crippen molar-refractivity contribution in [2.45, 2.75) is 201 Å². The van der Waals surface area contributed by atoms with Crippen LogP contribution in [0.4, 0.5) is 0 Å². The molecule has 2 saturated carbocycles. The Morgan fingerprint density at radius 2 is 0.904 bits per heavy atom. The molecule has 0 aliphatic heterocycles. The van der Waals surface area contributed by atoms with Crippen molar-refractivity contribution >= 4 is 57.8 Å². The normalized spacial score (nSPS) is 20.2. The van der Waals surface area contributed by atoms with Crippen LogP contribution in [0.15, 0.2) is 170 Å². The lowest BCUT2D eigenvalue weighted by Crippen LogP contribution is -2.29. The SMILES string of the molecule is C.CCCCC[C@@H](CC[C@@H]1[C@H]2Cc3cccc(OCC(=O)OCc4ccccc4)c3C[C@H]2C[C@H]1C)OC(=O)[C@@H](C)c1ccc2cc(OC)ccc2c1.CCCCC[C@@H](CC[C@@H]1[C@H]2Cc3cccc(OCC(=O)OCc4ccccc4)c3C[C@H]2C[C@H]1O)OC(=O)[C@@H](C)c1ccc2cc(OC)ccc2c1.Cl. The molecule has 0 bridgehead atoms. The van der Waals surface area contributed by atoms with Gasteiger partial charge in [0.15, 0.2) is 13.2 Å². The number of rotatable bonds is 32. The maximum Gasteiger partial charge on any atom is 0.344 e. The highest BCUT2D eigenvalue weighted by molar-refractivity contribution is 5.88. The highest BCUT2D eigenvalue weighted by Crippen LogP contribution is 2.52. The van der Waals surface area contributed by atoms with Crippen LogP contribution in [-0.2, 0) is 77.0 Å². The monoisotopic (exact) mass is 1430 g/mol. The number of methoxy groups -OCH3 is 2. The molecule has 14 heteroatoms. The van der Waals surface area contributed by atoms with Gasteiger partial charge in [-0.25, -0.2) is 9.59 Å². The number of esters is 4. The molecule has 8 aromatic carbocycles. The minimum atomic E-state index is -0.400. The highest BCUT2D eigenvalue weighted by atomic mass is 35.5. The molecule has 0 aromatic heterocycles. The van der Waals surface area contributed by atoms with E-state index in [0.29, 0.717) is 35.5 Å². The van der Waals surface area contributed by atoms with Gasteiger partial charge >= 0.3 is 23.9 Å². The van der Waals surface area contributed by atoms with Crippen LogP contribution in [0.1, 0.15) is 188 Å². The molecule has 8 aromatic rings. The van der Waals surface area contributed by atoms with Crippen molar-refractivity contribution in [2.24, 2.45) is 41.4 Å². The Morgan fingerprint density at radius 1 is 0.481 bits per heavy atom. The average molecular weight is 1440 g/mol. The van der Waals surface area contributed by atoms with E-state index in [1.807, 2.05) is 153 Å². The molecule has 0 unspecified atom stereocenters. The van der Waals surface area contributed by atoms with Gasteiger partial charge in [0.05, 0.1) is 32.2 Å². The summed E-state index contributed by atoms with van der Waals surface area (Å²) in [5.74, 6) is 4.55. The van der Waals surface area contributed by atoms with Gasteiger partial charge in [0.1, 0.15) is 48.4 Å². The lowest BCUT2D eigenvalue weighted by Gasteiger charge is -2.33. The van der Waals surface area contributed by atoms with Crippen molar-refractivity contribution in [1.82, 2.24) is 0 Å². The largest absolute Gasteiger partial charge is 0.497 e. The Labute approximate surface area is 623 Å². The van der Waals surface area contributed by atoms with E-state index in [9.17, 15) is 24.3 Å². The Hall–Kier alpha value is -8.39. The minimum Gasteiger partial charge on any atom is -0.497 e. The first-order chi connectivity index (χ1) is 49.6. The van der Waals surface area contributed by atoms with Crippen molar-refractivity contribution in [1.29, 1.82) is 0 Å². The zero-order chi connectivity index (χ0) is 71.5. The molecular weight excluding hydrogens is 1320 g/mol. The van der Waals surface area contributed by atoms with Crippen molar-refractivity contribution in [3.63, 3.8) is 0 Å². The third-order valence-electron chi connectivity index (χ3n) is 22.6. The Bertz CT molecular complexity index is 3800. The zero-order valence-electron chi connectivity index (χ0n) is 61.4. The smallest absolute Gasteiger partial charge is 0.344 e. The summed E-state index contributed by atoms with van der Waals surface area (Å²) in [6, 6.07) is 55.9. The second kappa shape index (κ2) is 39.1. The summed E-state index contributed by atoms with van der Waals surface area (Å²) in [6.07, 6.45) is 16.8. The number of unbranched alkanes of at least 4 members (excludes halogenated alkanes) is 4. The molecular formula is C90H111ClO13. The van der Waals surface area contributed by atoms with Gasteiger partial charge in [-0.1, -0.05) is 187 Å². The number of carbonyl (C=O) groups is 4. The van der Waals surface area contributed by atoms with Crippen LogP contribution in [0.3, 0.4) is 0 Å². The van der Waals surface area contributed by atoms with Crippen molar-refractivity contribution in [3.05, 3.63) is 214 Å². The third kappa shape index (κ3) is 21.0. The van der Waals surface area contributed by atoms with Gasteiger partial charge in [-0.15, -0.1) is 12.4 Å². The molecule has 2 fully saturated rings. The van der Waals surface area contributed by atoms with E-state index < -0.39 is 12.1 Å². The number of benzene rings is 8. The van der Waals surface area contributed by atoms with Gasteiger partial charge < -0.3 is 43.0 Å². The Kier molecular flexibility index (Phi) is 30.0. The summed E-state index contributed by atoms with van der Waals surface area (Å²) in [6.45, 7) is 10.9. The van der Waals surface area contributed by atoms with E-state index in [2.05, 4.69) is 51.1 Å². The van der Waals surface area contributed by atoms with E-state index >= 15 is 0 Å². The molecule has 0 radical (unpaired) electrons. The fourth-order valence-electron chi connectivity index (χ4n) is 16.7. The molecule has 0 amide bonds. The quantitative estimate of drug-likeness (QED) is 0.0241. The lowest BCUT2D eigenvalue weighted by molar-refractivity contribution is -0.152. The van der Waals surface area contributed by atoms with Crippen molar-refractivity contribution in [3.8, 4) is 23.0 Å². The van der Waals surface area contributed by atoms with Crippen LogP contribution in [0.2, 0.25) is 0 Å². The fourth-order valence-corrected chi connectivity index (χ4v) is 16.7. The number of ether oxygens (including phenoxy) is 8. The molecule has 104 heavy (non-hydrogen) atoms. The standard InChI is InChI=1S/C45H54O6.C44H52O7.CH4.ClH/c1-5-6-8-15-38(51-45(47)31(3)33-17-18-35-25-39(48-4)20-19-34(35)24-33)21-22-40-30(2)23-37-27-42-36(26-41(37)40)14-11-16-43(42)49-29-44(46)50-28-32-12-9-7-10-13-32;1-4-5-7-14-36(51-44(47)29(2)31-16-17-33-23-37(48-3)19-18-32(33)22-31)20-21-38-39-24-34-13-10-15-42(40(34)25-35(39)26-41(38)45)49-28-43(46)50-27-30-11-8-6-9-12-30;;/h7,9-14,16-20,24-25,30-31,37-38,40-41H,5-6,8,15,21-23,26-29H2,1-4H3;6,8-13,15-19,22-23,29,35-36,38-39,41,45H,4-5,7,14,20-21,24-28H2,1-3H3;1H4;1H/t30-,31+,37-,38+,40+,41+;29-,35-,36-,38+,39-,41+;;/m10../s1. The average Bonchev–Trinajstić information content (AvgIpc) is 1.60. The highest BCUT2D eigenvalue weighted by Gasteiger charge is 2.46. The van der Waals surface area contributed by atoms with Crippen molar-refractivity contribution < 1.29 is 62.2 Å². The van der Waals surface area contributed by atoms with Gasteiger partial charge in [-0.05, 0) is 248 Å². The first-order valence-corrected chi connectivity index (χ1v) is 37.8. The lowest BCUT2D eigenvalue weighted by atomic mass is 9.73. The van der Waals surface area contributed by atoms with Gasteiger partial charge in [0, 0.05) is 0 Å². The number of hydrogen-bond donors (Lipinski definition) is 1. The summed E-state index contributed by atoms with van der Waals surface area (Å²) in [5.41, 5.74) is 8.75. The van der Waals surface area contributed by atoms with E-state index in [4.69, 9.17) is 37.9 Å². The fraction of sp³-hybridized carbons (Fsp3) is 0.467. The Balaban J connectivity index is 0.000000237. The van der Waals surface area contributed by atoms with Crippen LogP contribution >= 0.6 is 12.4 Å². The topological polar surface area (TPSA) is 162 Å². The molecule has 12 atom stereocenters. The van der Waals surface area contributed by atoms with Crippen LogP contribution in [0.25, 0.3) is 21.5 Å². The van der Waals surface area contributed by atoms with E-state index in [1.54, 1.807) is 14.2 Å². The minimum absolute atomic E-state index is 0. The molecule has 13 nitrogen and oxygen atoms in total. The first kappa shape index (κ1) is 79.7. The molecule has 0 heterocycles. The number of aliphatic hydroxyl groups excluding tert-OH is 1. The predicted molar refractivity (Wildman–Crippen MR) is 415 cm³/mol. The Morgan fingerprint density at radius 3 is 1.36 bits per heavy atom. The second-order valence-electron chi connectivity index (χ2n) is 29.3. The molecule has 0 spiro atoms. The summed E-state index contributed by atoms with van der Waals surface area (Å²) in [4.78, 5) is 52.1. The van der Waals surface area contributed by atoms with Gasteiger partial charge in [-0.3, -0.25) is 9.59 Å². The molecule has 4 aliphatic carbocycles. The zero-order valence-corrected chi connectivity index (χ0v) is 62.2. The van der Waals surface area contributed by atoms with Crippen LogP contribution in [0, 0.1) is 41.4 Å². The molecule has 1 N–H and O–H groups in total. The van der Waals surface area contributed by atoms with E-state index in [0.717, 1.165) is 182 Å². The van der Waals surface area contributed by atoms with Gasteiger partial charge in [-0.2, -0.15) is 0 Å². The maximum atomic E-state index is 13.6. The van der Waals surface area contributed by atoms with Gasteiger partial charge in [0.2, 0.25) is 0 Å². The van der Waals surface area contributed by atoms with Gasteiger partial charge in [0.25, 0.3) is 0 Å². The second-order valence-corrected chi connectivity index (χ2v) is 29.3.